The Morgan fingerprint density at radius 1 is 1.26 bits per heavy atom. The maximum Gasteiger partial charge on any atom is 0.311 e. The van der Waals surface area contributed by atoms with Crippen LogP contribution in [-0.4, -0.2) is 34.6 Å². The van der Waals surface area contributed by atoms with Gasteiger partial charge in [0.25, 0.3) is 0 Å². The molecule has 0 radical (unpaired) electrons. The number of carbonyl (C=O) groups is 1. The summed E-state index contributed by atoms with van der Waals surface area (Å²) >= 11 is 0. The topological polar surface area (TPSA) is 40.5 Å². The van der Waals surface area contributed by atoms with Crippen LogP contribution in [-0.2, 0) is 11.2 Å². The van der Waals surface area contributed by atoms with Crippen LogP contribution in [0.2, 0.25) is 0 Å². The third-order valence-corrected chi connectivity index (χ3v) is 4.93. The SMILES string of the molecule is CC1(N2CCC(Cc3ccccc3)(C(=O)O)C2)CC1. The molecule has 0 amide bonds. The molecule has 102 valence electrons. The third-order valence-electron chi connectivity index (χ3n) is 4.93. The molecule has 1 heterocycles. The summed E-state index contributed by atoms with van der Waals surface area (Å²) < 4.78 is 0. The summed E-state index contributed by atoms with van der Waals surface area (Å²) in [5.41, 5.74) is 0.827. The number of hydrogen-bond donors (Lipinski definition) is 1. The van der Waals surface area contributed by atoms with E-state index in [0.29, 0.717) is 13.0 Å². The molecule has 0 bridgehead atoms. The Morgan fingerprint density at radius 3 is 2.53 bits per heavy atom. The zero-order valence-electron chi connectivity index (χ0n) is 11.4. The first kappa shape index (κ1) is 12.7. The number of likely N-dealkylation sites (tertiary alicyclic amines) is 1. The highest BCUT2D eigenvalue weighted by molar-refractivity contribution is 5.76. The molecule has 1 aromatic carbocycles. The van der Waals surface area contributed by atoms with Crippen LogP contribution in [0, 0.1) is 5.41 Å². The highest BCUT2D eigenvalue weighted by Gasteiger charge is 2.53. The van der Waals surface area contributed by atoms with Crippen LogP contribution in [0.1, 0.15) is 31.7 Å². The van der Waals surface area contributed by atoms with Crippen LogP contribution >= 0.6 is 0 Å². The van der Waals surface area contributed by atoms with Crippen LogP contribution in [0.15, 0.2) is 30.3 Å². The lowest BCUT2D eigenvalue weighted by atomic mass is 9.81. The molecule has 1 N–H and O–H groups in total. The first-order chi connectivity index (χ1) is 9.04. The van der Waals surface area contributed by atoms with Crippen LogP contribution in [0.25, 0.3) is 0 Å². The number of carboxylic acids is 1. The lowest BCUT2D eigenvalue weighted by Gasteiger charge is -2.28. The van der Waals surface area contributed by atoms with E-state index in [2.05, 4.69) is 11.8 Å². The van der Waals surface area contributed by atoms with Crippen molar-refractivity contribution in [2.24, 2.45) is 5.41 Å². The van der Waals surface area contributed by atoms with E-state index in [1.165, 1.54) is 12.8 Å². The third kappa shape index (κ3) is 2.27. The van der Waals surface area contributed by atoms with Gasteiger partial charge in [0.05, 0.1) is 5.41 Å². The number of nitrogens with zero attached hydrogens (tertiary/aromatic N) is 1. The van der Waals surface area contributed by atoms with Gasteiger partial charge in [-0.3, -0.25) is 9.69 Å². The molecule has 2 aliphatic rings. The Morgan fingerprint density at radius 2 is 1.95 bits per heavy atom. The summed E-state index contributed by atoms with van der Waals surface area (Å²) in [5, 5.41) is 9.70. The average molecular weight is 259 g/mol. The standard InChI is InChI=1S/C16H21NO2/c1-15(7-8-15)17-10-9-16(12-17,14(18)19)11-13-5-3-2-4-6-13/h2-6H,7-12H2,1H3,(H,18,19). The van der Waals surface area contributed by atoms with Crippen molar-refractivity contribution in [2.75, 3.05) is 13.1 Å². The van der Waals surface area contributed by atoms with E-state index in [9.17, 15) is 9.90 Å². The van der Waals surface area contributed by atoms with E-state index in [1.807, 2.05) is 30.3 Å². The fraction of sp³-hybridized carbons (Fsp3) is 0.562. The zero-order valence-corrected chi connectivity index (χ0v) is 11.4. The van der Waals surface area contributed by atoms with Gasteiger partial charge in [0, 0.05) is 12.1 Å². The fourth-order valence-electron chi connectivity index (χ4n) is 3.21. The molecule has 3 nitrogen and oxygen atoms in total. The minimum atomic E-state index is -0.636. The molecular formula is C16H21NO2. The van der Waals surface area contributed by atoms with Gasteiger partial charge in [-0.1, -0.05) is 30.3 Å². The van der Waals surface area contributed by atoms with Crippen molar-refractivity contribution in [1.29, 1.82) is 0 Å². The zero-order chi connectivity index (χ0) is 13.5. The molecule has 3 rings (SSSR count). The molecule has 1 aliphatic heterocycles. The lowest BCUT2D eigenvalue weighted by Crippen LogP contribution is -2.40. The molecule has 2 fully saturated rings. The average Bonchev–Trinajstić information content (AvgIpc) is 2.99. The van der Waals surface area contributed by atoms with Gasteiger partial charge in [-0.25, -0.2) is 0 Å². The van der Waals surface area contributed by atoms with Crippen molar-refractivity contribution < 1.29 is 9.90 Å². The Hall–Kier alpha value is -1.35. The van der Waals surface area contributed by atoms with Crippen molar-refractivity contribution in [1.82, 2.24) is 4.90 Å². The van der Waals surface area contributed by atoms with E-state index in [0.717, 1.165) is 18.5 Å². The van der Waals surface area contributed by atoms with Gasteiger partial charge in [0.1, 0.15) is 0 Å². The summed E-state index contributed by atoms with van der Waals surface area (Å²) in [5.74, 6) is -0.636. The molecule has 1 atom stereocenters. The molecule has 1 saturated carbocycles. The normalized spacial score (nSPS) is 29.3. The Balaban J connectivity index is 1.79. The fourth-order valence-corrected chi connectivity index (χ4v) is 3.21. The van der Waals surface area contributed by atoms with Crippen molar-refractivity contribution in [3.05, 3.63) is 35.9 Å². The van der Waals surface area contributed by atoms with Crippen molar-refractivity contribution in [3.8, 4) is 0 Å². The largest absolute Gasteiger partial charge is 0.481 e. The molecule has 3 heteroatoms. The quantitative estimate of drug-likeness (QED) is 0.903. The molecule has 1 unspecified atom stereocenters. The first-order valence-electron chi connectivity index (χ1n) is 7.07. The van der Waals surface area contributed by atoms with Crippen molar-refractivity contribution in [3.63, 3.8) is 0 Å². The lowest BCUT2D eigenvalue weighted by molar-refractivity contribution is -0.148. The smallest absolute Gasteiger partial charge is 0.311 e. The minimum absolute atomic E-state index is 0.286. The second-order valence-corrected chi connectivity index (χ2v) is 6.42. The molecular weight excluding hydrogens is 238 g/mol. The number of carboxylic acid groups (broad SMARTS) is 1. The predicted octanol–water partition coefficient (Wildman–Crippen LogP) is 2.56. The maximum atomic E-state index is 11.8. The van der Waals surface area contributed by atoms with Crippen molar-refractivity contribution in [2.45, 2.75) is 38.1 Å². The van der Waals surface area contributed by atoms with E-state index in [1.54, 1.807) is 0 Å². The van der Waals surface area contributed by atoms with E-state index < -0.39 is 11.4 Å². The van der Waals surface area contributed by atoms with Gasteiger partial charge in [-0.15, -0.1) is 0 Å². The molecule has 0 spiro atoms. The number of aliphatic carboxylic acids is 1. The molecule has 1 aromatic rings. The van der Waals surface area contributed by atoms with Gasteiger partial charge >= 0.3 is 5.97 Å². The first-order valence-corrected chi connectivity index (χ1v) is 7.07. The second-order valence-electron chi connectivity index (χ2n) is 6.42. The summed E-state index contributed by atoms with van der Waals surface area (Å²) in [4.78, 5) is 14.2. The monoisotopic (exact) mass is 259 g/mol. The summed E-state index contributed by atoms with van der Waals surface area (Å²) in [7, 11) is 0. The van der Waals surface area contributed by atoms with Gasteiger partial charge in [0.15, 0.2) is 0 Å². The van der Waals surface area contributed by atoms with Gasteiger partial charge < -0.3 is 5.11 Å². The Labute approximate surface area is 114 Å². The summed E-state index contributed by atoms with van der Waals surface area (Å²) in [6, 6.07) is 10.0. The van der Waals surface area contributed by atoms with Gasteiger partial charge in [0.2, 0.25) is 0 Å². The van der Waals surface area contributed by atoms with E-state index in [4.69, 9.17) is 0 Å². The minimum Gasteiger partial charge on any atom is -0.481 e. The summed E-state index contributed by atoms with van der Waals surface area (Å²) in [6.07, 6.45) is 3.85. The number of hydrogen-bond acceptors (Lipinski definition) is 2. The van der Waals surface area contributed by atoms with E-state index >= 15 is 0 Å². The molecule has 0 aromatic heterocycles. The van der Waals surface area contributed by atoms with E-state index in [-0.39, 0.29) is 5.54 Å². The van der Waals surface area contributed by atoms with Crippen molar-refractivity contribution >= 4 is 5.97 Å². The Kier molecular flexibility index (Phi) is 2.90. The van der Waals surface area contributed by atoms with Gasteiger partial charge in [-0.2, -0.15) is 0 Å². The van der Waals surface area contributed by atoms with Crippen LogP contribution < -0.4 is 0 Å². The molecule has 1 aliphatic carbocycles. The number of benzene rings is 1. The maximum absolute atomic E-state index is 11.8. The molecule has 1 saturated heterocycles. The number of rotatable bonds is 4. The molecule has 19 heavy (non-hydrogen) atoms. The Bertz CT molecular complexity index is 481. The predicted molar refractivity (Wildman–Crippen MR) is 74.0 cm³/mol. The second kappa shape index (κ2) is 4.34. The summed E-state index contributed by atoms with van der Waals surface area (Å²) in [6.45, 7) is 3.89. The van der Waals surface area contributed by atoms with Crippen LogP contribution in [0.5, 0.6) is 0 Å². The van der Waals surface area contributed by atoms with Crippen LogP contribution in [0.3, 0.4) is 0 Å². The van der Waals surface area contributed by atoms with Gasteiger partial charge in [-0.05, 0) is 44.7 Å². The van der Waals surface area contributed by atoms with Crippen LogP contribution in [0.4, 0.5) is 0 Å². The highest BCUT2D eigenvalue weighted by Crippen LogP contribution is 2.47. The highest BCUT2D eigenvalue weighted by atomic mass is 16.4.